The molecular formula is C15H21NO2S. The van der Waals surface area contributed by atoms with Crippen LogP contribution >= 0.6 is 11.8 Å². The molecule has 4 heteroatoms. The maximum atomic E-state index is 10.5. The minimum atomic E-state index is -0.256. The largest absolute Gasteiger partial charge is 0.392 e. The van der Waals surface area contributed by atoms with Gasteiger partial charge >= 0.3 is 0 Å². The van der Waals surface area contributed by atoms with Crippen LogP contribution in [0.3, 0.4) is 0 Å². The van der Waals surface area contributed by atoms with Crippen molar-refractivity contribution in [2.24, 2.45) is 5.92 Å². The van der Waals surface area contributed by atoms with Gasteiger partial charge in [0.1, 0.15) is 0 Å². The van der Waals surface area contributed by atoms with E-state index in [1.54, 1.807) is 12.4 Å². The molecule has 3 unspecified atom stereocenters. The van der Waals surface area contributed by atoms with Gasteiger partial charge in [-0.25, -0.2) is 0 Å². The van der Waals surface area contributed by atoms with Crippen molar-refractivity contribution in [2.45, 2.75) is 37.4 Å². The molecule has 0 saturated carbocycles. The lowest BCUT2D eigenvalue weighted by atomic mass is 9.81. The average Bonchev–Trinajstić information content (AvgIpc) is 2.88. The van der Waals surface area contributed by atoms with Crippen molar-refractivity contribution in [1.82, 2.24) is 4.98 Å². The number of aromatic nitrogens is 1. The van der Waals surface area contributed by atoms with E-state index in [-0.39, 0.29) is 11.7 Å². The van der Waals surface area contributed by atoms with Crippen LogP contribution in [0.2, 0.25) is 0 Å². The second-order valence-corrected chi connectivity index (χ2v) is 6.82. The average molecular weight is 279 g/mol. The predicted octanol–water partition coefficient (Wildman–Crippen LogP) is 2.29. The maximum Gasteiger partial charge on any atom is 0.0783 e. The zero-order chi connectivity index (χ0) is 13.1. The molecule has 2 fully saturated rings. The number of pyridine rings is 1. The highest BCUT2D eigenvalue weighted by molar-refractivity contribution is 7.99. The summed E-state index contributed by atoms with van der Waals surface area (Å²) in [6.07, 6.45) is 7.22. The highest BCUT2D eigenvalue weighted by atomic mass is 32.2. The Hall–Kier alpha value is -0.580. The highest BCUT2D eigenvalue weighted by Crippen LogP contribution is 2.41. The summed E-state index contributed by atoms with van der Waals surface area (Å²) in [6.45, 7) is 0.804. The van der Waals surface area contributed by atoms with E-state index in [0.717, 1.165) is 38.0 Å². The third kappa shape index (κ3) is 3.12. The van der Waals surface area contributed by atoms with E-state index in [0.29, 0.717) is 5.92 Å². The molecule has 19 heavy (non-hydrogen) atoms. The smallest absolute Gasteiger partial charge is 0.0783 e. The van der Waals surface area contributed by atoms with E-state index in [9.17, 15) is 5.11 Å². The Bertz CT molecular complexity index is 406. The fourth-order valence-corrected chi connectivity index (χ4v) is 4.56. The first-order chi connectivity index (χ1) is 9.27. The van der Waals surface area contributed by atoms with Crippen molar-refractivity contribution in [1.29, 1.82) is 0 Å². The molecule has 1 N–H and O–H groups in total. The maximum absolute atomic E-state index is 10.5. The van der Waals surface area contributed by atoms with E-state index in [2.05, 4.69) is 4.98 Å². The monoisotopic (exact) mass is 279 g/mol. The number of aliphatic hydroxyl groups is 1. The number of nitrogens with zero attached hydrogens (tertiary/aromatic N) is 1. The van der Waals surface area contributed by atoms with Gasteiger partial charge in [0.05, 0.1) is 11.7 Å². The van der Waals surface area contributed by atoms with E-state index < -0.39 is 0 Å². The Kier molecular flexibility index (Phi) is 4.10. The van der Waals surface area contributed by atoms with Gasteiger partial charge in [0.2, 0.25) is 0 Å². The molecule has 1 spiro atoms. The summed E-state index contributed by atoms with van der Waals surface area (Å²) in [5, 5.41) is 10.5. The fourth-order valence-electron chi connectivity index (χ4n) is 3.18. The van der Waals surface area contributed by atoms with E-state index >= 15 is 0 Å². The van der Waals surface area contributed by atoms with E-state index in [1.807, 2.05) is 23.9 Å². The number of rotatable bonds is 3. The number of hydrogen-bond donors (Lipinski definition) is 1. The Balaban J connectivity index is 1.61. The van der Waals surface area contributed by atoms with Crippen LogP contribution in [0.15, 0.2) is 24.5 Å². The first-order valence-corrected chi connectivity index (χ1v) is 8.22. The molecule has 3 rings (SSSR count). The molecule has 2 aliphatic heterocycles. The van der Waals surface area contributed by atoms with Crippen LogP contribution in [0.1, 0.15) is 24.8 Å². The second kappa shape index (κ2) is 5.81. The summed E-state index contributed by atoms with van der Waals surface area (Å²) in [6, 6.07) is 3.98. The number of hydrogen-bond acceptors (Lipinski definition) is 4. The van der Waals surface area contributed by atoms with Crippen molar-refractivity contribution in [2.75, 3.05) is 18.1 Å². The molecule has 1 aromatic rings. The van der Waals surface area contributed by atoms with Gasteiger partial charge in [0, 0.05) is 24.8 Å². The van der Waals surface area contributed by atoms with Gasteiger partial charge in [-0.15, -0.1) is 0 Å². The first-order valence-electron chi connectivity index (χ1n) is 7.06. The zero-order valence-electron chi connectivity index (χ0n) is 11.1. The molecule has 3 atom stereocenters. The molecule has 104 valence electrons. The van der Waals surface area contributed by atoms with Gasteiger partial charge in [-0.3, -0.25) is 4.98 Å². The number of ether oxygens (including phenoxy) is 1. The fraction of sp³-hybridized carbons (Fsp3) is 0.667. The molecule has 0 amide bonds. The van der Waals surface area contributed by atoms with Crippen molar-refractivity contribution < 1.29 is 9.84 Å². The van der Waals surface area contributed by atoms with Gasteiger partial charge in [-0.1, -0.05) is 0 Å². The molecular weight excluding hydrogens is 258 g/mol. The van der Waals surface area contributed by atoms with Gasteiger partial charge < -0.3 is 9.84 Å². The van der Waals surface area contributed by atoms with Gasteiger partial charge in [0.15, 0.2) is 0 Å². The van der Waals surface area contributed by atoms with Crippen molar-refractivity contribution in [3.8, 4) is 0 Å². The van der Waals surface area contributed by atoms with Gasteiger partial charge in [-0.2, -0.15) is 11.8 Å². The van der Waals surface area contributed by atoms with Crippen LogP contribution in [0.5, 0.6) is 0 Å². The van der Waals surface area contributed by atoms with Crippen molar-refractivity contribution in [3.05, 3.63) is 30.1 Å². The van der Waals surface area contributed by atoms with E-state index in [1.165, 1.54) is 11.3 Å². The quantitative estimate of drug-likeness (QED) is 0.922. The summed E-state index contributed by atoms with van der Waals surface area (Å²) < 4.78 is 6.02. The first kappa shape index (κ1) is 13.4. The zero-order valence-corrected chi connectivity index (χ0v) is 11.9. The molecule has 3 nitrogen and oxygen atoms in total. The van der Waals surface area contributed by atoms with Crippen LogP contribution in [0.25, 0.3) is 0 Å². The SMILES string of the molecule is OC(Cc1ccncc1)C1CCOC2(CCSC2)C1. The molecule has 0 radical (unpaired) electrons. The minimum absolute atomic E-state index is 0.0623. The summed E-state index contributed by atoms with van der Waals surface area (Å²) in [5.41, 5.74) is 1.23. The van der Waals surface area contributed by atoms with E-state index in [4.69, 9.17) is 4.74 Å². The molecule has 0 aromatic carbocycles. The Morgan fingerprint density at radius 1 is 1.47 bits per heavy atom. The van der Waals surface area contributed by atoms with Crippen LogP contribution in [-0.2, 0) is 11.2 Å². The third-order valence-corrected chi connectivity index (χ3v) is 5.56. The van der Waals surface area contributed by atoms with Gasteiger partial charge in [0.25, 0.3) is 0 Å². The van der Waals surface area contributed by atoms with Crippen molar-refractivity contribution in [3.63, 3.8) is 0 Å². The summed E-state index contributed by atoms with van der Waals surface area (Å²) >= 11 is 1.98. The van der Waals surface area contributed by atoms with Crippen LogP contribution < -0.4 is 0 Å². The molecule has 0 bridgehead atoms. The van der Waals surface area contributed by atoms with Crippen molar-refractivity contribution >= 4 is 11.8 Å². The Labute approximate surface area is 118 Å². The van der Waals surface area contributed by atoms with Gasteiger partial charge in [-0.05, 0) is 55.1 Å². The minimum Gasteiger partial charge on any atom is -0.392 e. The Morgan fingerprint density at radius 3 is 3.05 bits per heavy atom. The topological polar surface area (TPSA) is 42.4 Å². The molecule has 2 aliphatic rings. The summed E-state index contributed by atoms with van der Waals surface area (Å²) in [5.74, 6) is 2.68. The van der Waals surface area contributed by atoms with Crippen LogP contribution in [-0.4, -0.2) is 39.9 Å². The molecule has 0 aliphatic carbocycles. The Morgan fingerprint density at radius 2 is 2.32 bits per heavy atom. The third-order valence-electron chi connectivity index (χ3n) is 4.34. The normalized spacial score (nSPS) is 32.6. The van der Waals surface area contributed by atoms with Crippen LogP contribution in [0, 0.1) is 5.92 Å². The number of thioether (sulfide) groups is 1. The summed E-state index contributed by atoms with van der Waals surface area (Å²) in [4.78, 5) is 4.02. The molecule has 1 aromatic heterocycles. The van der Waals surface area contributed by atoms with Crippen LogP contribution in [0.4, 0.5) is 0 Å². The predicted molar refractivity (Wildman–Crippen MR) is 77.3 cm³/mol. The number of aliphatic hydroxyl groups excluding tert-OH is 1. The summed E-state index contributed by atoms with van der Waals surface area (Å²) in [7, 11) is 0. The standard InChI is InChI=1S/C15H21NO2S/c17-14(9-12-1-5-16-6-2-12)13-3-7-18-15(10-13)4-8-19-11-15/h1-2,5-6,13-14,17H,3-4,7-11H2. The lowest BCUT2D eigenvalue weighted by molar-refractivity contribution is -0.101. The molecule has 2 saturated heterocycles. The highest BCUT2D eigenvalue weighted by Gasteiger charge is 2.42. The lowest BCUT2D eigenvalue weighted by Gasteiger charge is -2.39. The second-order valence-electron chi connectivity index (χ2n) is 5.71. The lowest BCUT2D eigenvalue weighted by Crippen LogP contribution is -2.43. The molecule has 3 heterocycles.